The van der Waals surface area contributed by atoms with Gasteiger partial charge >= 0.3 is 0 Å². The Morgan fingerprint density at radius 2 is 1.80 bits per heavy atom. The standard InChI is InChI=1S/C17H25NO2/c1-18(2)12-16(17(20)10-4-3-5-11-17)15-8-6-14(13-19)7-9-15/h6-9,13,16,20H,3-5,10-12H2,1-2H3/t16-/m1/s1. The van der Waals surface area contributed by atoms with Crippen LogP contribution >= 0.6 is 0 Å². The van der Waals surface area contributed by atoms with Crippen LogP contribution in [0.2, 0.25) is 0 Å². The number of aldehydes is 1. The number of hydrogen-bond donors (Lipinski definition) is 1. The molecular weight excluding hydrogens is 250 g/mol. The van der Waals surface area contributed by atoms with Crippen LogP contribution in [0, 0.1) is 0 Å². The molecule has 1 aliphatic rings. The number of likely N-dealkylation sites (N-methyl/N-ethyl adjacent to an activating group) is 1. The highest BCUT2D eigenvalue weighted by Gasteiger charge is 2.38. The topological polar surface area (TPSA) is 40.5 Å². The van der Waals surface area contributed by atoms with Gasteiger partial charge in [0.1, 0.15) is 6.29 Å². The molecule has 0 spiro atoms. The van der Waals surface area contributed by atoms with Crippen LogP contribution in [0.4, 0.5) is 0 Å². The third-order valence-electron chi connectivity index (χ3n) is 4.39. The minimum atomic E-state index is -0.606. The van der Waals surface area contributed by atoms with E-state index in [4.69, 9.17) is 0 Å². The van der Waals surface area contributed by atoms with Crippen molar-refractivity contribution in [1.82, 2.24) is 4.90 Å². The van der Waals surface area contributed by atoms with Crippen molar-refractivity contribution in [1.29, 1.82) is 0 Å². The molecule has 0 aromatic heterocycles. The number of nitrogens with zero attached hydrogens (tertiary/aromatic N) is 1. The summed E-state index contributed by atoms with van der Waals surface area (Å²) in [6.45, 7) is 0.830. The van der Waals surface area contributed by atoms with E-state index in [2.05, 4.69) is 4.90 Å². The second-order valence-corrected chi connectivity index (χ2v) is 6.26. The Morgan fingerprint density at radius 1 is 1.20 bits per heavy atom. The zero-order valence-corrected chi connectivity index (χ0v) is 12.5. The van der Waals surface area contributed by atoms with E-state index in [1.54, 1.807) is 0 Å². The van der Waals surface area contributed by atoms with Crippen molar-refractivity contribution in [2.45, 2.75) is 43.6 Å². The molecule has 2 rings (SSSR count). The van der Waals surface area contributed by atoms with Crippen molar-refractivity contribution in [3.63, 3.8) is 0 Å². The van der Waals surface area contributed by atoms with Gasteiger partial charge in [-0.05, 0) is 32.5 Å². The predicted molar refractivity (Wildman–Crippen MR) is 81.2 cm³/mol. The molecule has 0 aliphatic heterocycles. The first-order chi connectivity index (χ1) is 9.55. The first-order valence-electron chi connectivity index (χ1n) is 7.47. The lowest BCUT2D eigenvalue weighted by molar-refractivity contribution is -0.0277. The van der Waals surface area contributed by atoms with Crippen molar-refractivity contribution >= 4 is 6.29 Å². The first kappa shape index (κ1) is 15.2. The van der Waals surface area contributed by atoms with E-state index >= 15 is 0 Å². The monoisotopic (exact) mass is 275 g/mol. The second-order valence-electron chi connectivity index (χ2n) is 6.26. The summed E-state index contributed by atoms with van der Waals surface area (Å²) >= 11 is 0. The van der Waals surface area contributed by atoms with E-state index in [1.165, 1.54) is 6.42 Å². The molecule has 1 N–H and O–H groups in total. The molecule has 3 heteroatoms. The third-order valence-corrected chi connectivity index (χ3v) is 4.39. The van der Waals surface area contributed by atoms with Gasteiger partial charge in [-0.15, -0.1) is 0 Å². The maximum atomic E-state index is 11.1. The quantitative estimate of drug-likeness (QED) is 0.840. The summed E-state index contributed by atoms with van der Waals surface area (Å²) in [6, 6.07) is 7.67. The van der Waals surface area contributed by atoms with Crippen LogP contribution in [0.25, 0.3) is 0 Å². The van der Waals surface area contributed by atoms with Crippen molar-refractivity contribution in [3.05, 3.63) is 35.4 Å². The van der Waals surface area contributed by atoms with Crippen molar-refractivity contribution in [2.75, 3.05) is 20.6 Å². The van der Waals surface area contributed by atoms with Crippen LogP contribution in [0.3, 0.4) is 0 Å². The van der Waals surface area contributed by atoms with Gasteiger partial charge in [-0.1, -0.05) is 43.5 Å². The van der Waals surface area contributed by atoms with Crippen molar-refractivity contribution < 1.29 is 9.90 Å². The van der Waals surface area contributed by atoms with E-state index in [-0.39, 0.29) is 5.92 Å². The lowest BCUT2D eigenvalue weighted by Gasteiger charge is -2.40. The van der Waals surface area contributed by atoms with Gasteiger partial charge in [-0.2, -0.15) is 0 Å². The van der Waals surface area contributed by atoms with Gasteiger partial charge in [0.15, 0.2) is 0 Å². The third kappa shape index (κ3) is 3.47. The SMILES string of the molecule is CN(C)C[C@H](c1ccc(C=O)cc1)C1(O)CCCCC1. The fourth-order valence-corrected chi connectivity index (χ4v) is 3.27. The van der Waals surface area contributed by atoms with E-state index < -0.39 is 5.60 Å². The molecule has 20 heavy (non-hydrogen) atoms. The van der Waals surface area contributed by atoms with Crippen molar-refractivity contribution in [3.8, 4) is 0 Å². The van der Waals surface area contributed by atoms with Crippen LogP contribution < -0.4 is 0 Å². The maximum Gasteiger partial charge on any atom is 0.150 e. The fourth-order valence-electron chi connectivity index (χ4n) is 3.27. The zero-order chi connectivity index (χ0) is 14.6. The fraction of sp³-hybridized carbons (Fsp3) is 0.588. The molecule has 0 saturated heterocycles. The molecule has 110 valence electrons. The number of hydrogen-bond acceptors (Lipinski definition) is 3. The Hall–Kier alpha value is -1.19. The van der Waals surface area contributed by atoms with Crippen LogP contribution in [-0.2, 0) is 0 Å². The molecule has 3 nitrogen and oxygen atoms in total. The van der Waals surface area contributed by atoms with Gasteiger partial charge in [0.2, 0.25) is 0 Å². The lowest BCUT2D eigenvalue weighted by Crippen LogP contribution is -2.42. The Bertz CT molecular complexity index is 433. The smallest absolute Gasteiger partial charge is 0.150 e. The summed E-state index contributed by atoms with van der Waals surface area (Å²) in [5.41, 5.74) is 1.22. The zero-order valence-electron chi connectivity index (χ0n) is 12.5. The molecule has 0 radical (unpaired) electrons. The van der Waals surface area contributed by atoms with Gasteiger partial charge in [-0.25, -0.2) is 0 Å². The molecule has 0 heterocycles. The van der Waals surface area contributed by atoms with Gasteiger partial charge < -0.3 is 10.0 Å². The summed E-state index contributed by atoms with van der Waals surface area (Å²) < 4.78 is 0. The summed E-state index contributed by atoms with van der Waals surface area (Å²) in [7, 11) is 4.08. The molecule has 1 saturated carbocycles. The molecule has 0 amide bonds. The van der Waals surface area contributed by atoms with E-state index in [1.807, 2.05) is 38.4 Å². The van der Waals surface area contributed by atoms with Crippen LogP contribution in [-0.4, -0.2) is 42.5 Å². The largest absolute Gasteiger partial charge is 0.389 e. The molecule has 1 fully saturated rings. The Morgan fingerprint density at radius 3 is 2.30 bits per heavy atom. The Balaban J connectivity index is 2.27. The van der Waals surface area contributed by atoms with Gasteiger partial charge in [0.25, 0.3) is 0 Å². The number of aliphatic hydroxyl groups is 1. The van der Waals surface area contributed by atoms with Crippen LogP contribution in [0.1, 0.15) is 53.9 Å². The first-order valence-corrected chi connectivity index (χ1v) is 7.47. The minimum absolute atomic E-state index is 0.110. The van der Waals surface area contributed by atoms with E-state index in [9.17, 15) is 9.90 Å². The predicted octanol–water partition coefficient (Wildman–Crippen LogP) is 2.84. The Labute approximate surface area is 121 Å². The molecule has 1 atom stereocenters. The molecule has 0 bridgehead atoms. The average Bonchev–Trinajstić information content (AvgIpc) is 2.45. The number of carbonyl (C=O) groups is 1. The number of benzene rings is 1. The molecular formula is C17H25NO2. The number of carbonyl (C=O) groups excluding carboxylic acids is 1. The maximum absolute atomic E-state index is 11.1. The van der Waals surface area contributed by atoms with Crippen molar-refractivity contribution in [2.24, 2.45) is 0 Å². The average molecular weight is 275 g/mol. The summed E-state index contributed by atoms with van der Waals surface area (Å²) in [5.74, 6) is 0.110. The highest BCUT2D eigenvalue weighted by molar-refractivity contribution is 5.74. The molecule has 1 aliphatic carbocycles. The van der Waals surface area contributed by atoms with Gasteiger partial charge in [0.05, 0.1) is 5.60 Å². The normalized spacial score (nSPS) is 19.8. The summed E-state index contributed by atoms with van der Waals surface area (Å²) in [6.07, 6.45) is 6.04. The summed E-state index contributed by atoms with van der Waals surface area (Å²) in [4.78, 5) is 12.9. The highest BCUT2D eigenvalue weighted by Crippen LogP contribution is 2.40. The van der Waals surface area contributed by atoms with E-state index in [0.29, 0.717) is 5.56 Å². The number of rotatable bonds is 5. The highest BCUT2D eigenvalue weighted by atomic mass is 16.3. The molecule has 1 aromatic carbocycles. The van der Waals surface area contributed by atoms with Gasteiger partial charge in [-0.3, -0.25) is 4.79 Å². The summed E-state index contributed by atoms with van der Waals surface area (Å²) in [5, 5.41) is 11.1. The Kier molecular flexibility index (Phi) is 4.95. The van der Waals surface area contributed by atoms with Crippen LogP contribution in [0.15, 0.2) is 24.3 Å². The second kappa shape index (κ2) is 6.51. The minimum Gasteiger partial charge on any atom is -0.389 e. The van der Waals surface area contributed by atoms with E-state index in [0.717, 1.165) is 44.1 Å². The molecule has 0 unspecified atom stereocenters. The van der Waals surface area contributed by atoms with Gasteiger partial charge in [0, 0.05) is 18.0 Å². The lowest BCUT2D eigenvalue weighted by atomic mass is 9.72. The van der Waals surface area contributed by atoms with Crippen LogP contribution in [0.5, 0.6) is 0 Å². The molecule has 1 aromatic rings.